The van der Waals surface area contributed by atoms with Crippen LogP contribution in [0.5, 0.6) is 0 Å². The number of hydrogen-bond donors (Lipinski definition) is 0. The number of benzene rings is 1. The maximum atomic E-state index is 12.0. The first-order valence-corrected chi connectivity index (χ1v) is 6.91. The van der Waals surface area contributed by atoms with Gasteiger partial charge in [-0.2, -0.15) is 4.98 Å². The fraction of sp³-hybridized carbons (Fsp3) is 0.188. The van der Waals surface area contributed by atoms with Gasteiger partial charge in [0, 0.05) is 25.6 Å². The van der Waals surface area contributed by atoms with Crippen molar-refractivity contribution >= 4 is 5.91 Å². The van der Waals surface area contributed by atoms with Crippen molar-refractivity contribution in [3.8, 4) is 11.5 Å². The summed E-state index contributed by atoms with van der Waals surface area (Å²) in [6, 6.07) is 12.9. The molecule has 0 radical (unpaired) electrons. The molecule has 0 bridgehead atoms. The normalized spacial score (nSPS) is 10.6. The Kier molecular flexibility index (Phi) is 4.00. The van der Waals surface area contributed by atoms with Crippen LogP contribution in [-0.4, -0.2) is 34.5 Å². The molecule has 0 N–H and O–H groups in total. The molecule has 2 heterocycles. The van der Waals surface area contributed by atoms with Crippen LogP contribution in [0.4, 0.5) is 0 Å². The van der Waals surface area contributed by atoms with Gasteiger partial charge in [0.25, 0.3) is 11.8 Å². The van der Waals surface area contributed by atoms with Crippen LogP contribution in [0.2, 0.25) is 0 Å². The van der Waals surface area contributed by atoms with E-state index in [1.54, 1.807) is 24.1 Å². The molecule has 6 heteroatoms. The van der Waals surface area contributed by atoms with Gasteiger partial charge >= 0.3 is 0 Å². The van der Waals surface area contributed by atoms with Crippen LogP contribution in [0, 0.1) is 0 Å². The number of carbonyl (C=O) groups is 1. The molecule has 3 rings (SSSR count). The van der Waals surface area contributed by atoms with Gasteiger partial charge in [-0.1, -0.05) is 23.4 Å². The number of nitrogens with zero attached hydrogens (tertiary/aromatic N) is 3. The number of hydrogen-bond acceptors (Lipinski definition) is 5. The van der Waals surface area contributed by atoms with Crippen LogP contribution >= 0.6 is 0 Å². The Morgan fingerprint density at radius 2 is 2.00 bits per heavy atom. The van der Waals surface area contributed by atoms with Gasteiger partial charge in [-0.3, -0.25) is 4.79 Å². The Labute approximate surface area is 127 Å². The van der Waals surface area contributed by atoms with E-state index in [9.17, 15) is 4.79 Å². The van der Waals surface area contributed by atoms with Gasteiger partial charge in [0.2, 0.25) is 0 Å². The molecule has 6 nitrogen and oxygen atoms in total. The van der Waals surface area contributed by atoms with E-state index in [0.717, 1.165) is 5.56 Å². The minimum absolute atomic E-state index is 0.170. The van der Waals surface area contributed by atoms with Gasteiger partial charge in [-0.05, 0) is 24.3 Å². The van der Waals surface area contributed by atoms with Gasteiger partial charge in [-0.15, -0.1) is 0 Å². The smallest absolute Gasteiger partial charge is 0.289 e. The summed E-state index contributed by atoms with van der Waals surface area (Å²) >= 11 is 0. The van der Waals surface area contributed by atoms with E-state index in [1.807, 2.05) is 30.3 Å². The second-order valence-electron chi connectivity index (χ2n) is 4.84. The molecule has 0 aliphatic rings. The largest absolute Gasteiger partial charge is 0.459 e. The van der Waals surface area contributed by atoms with Gasteiger partial charge in [0.15, 0.2) is 11.6 Å². The zero-order chi connectivity index (χ0) is 15.4. The summed E-state index contributed by atoms with van der Waals surface area (Å²) < 4.78 is 10.3. The highest BCUT2D eigenvalue weighted by atomic mass is 16.5. The van der Waals surface area contributed by atoms with Crippen molar-refractivity contribution in [3.63, 3.8) is 0 Å². The number of likely N-dealkylation sites (N-methyl/N-ethyl adjacent to an activating group) is 1. The fourth-order valence-electron chi connectivity index (χ4n) is 2.01. The van der Waals surface area contributed by atoms with Crippen molar-refractivity contribution in [3.05, 3.63) is 60.3 Å². The first kappa shape index (κ1) is 14.1. The van der Waals surface area contributed by atoms with Gasteiger partial charge < -0.3 is 13.8 Å². The molecule has 1 amide bonds. The predicted octanol–water partition coefficient (Wildman–Crippen LogP) is 2.64. The summed E-state index contributed by atoms with van der Waals surface area (Å²) in [5.74, 6) is 1.20. The van der Waals surface area contributed by atoms with E-state index in [1.165, 1.54) is 6.26 Å². The topological polar surface area (TPSA) is 72.4 Å². The summed E-state index contributed by atoms with van der Waals surface area (Å²) in [5, 5.41) is 3.94. The van der Waals surface area contributed by atoms with Crippen molar-refractivity contribution in [2.24, 2.45) is 0 Å². The first-order chi connectivity index (χ1) is 10.7. The molecule has 112 valence electrons. The molecule has 22 heavy (non-hydrogen) atoms. The number of furan rings is 1. The van der Waals surface area contributed by atoms with Crippen molar-refractivity contribution in [2.45, 2.75) is 6.42 Å². The van der Waals surface area contributed by atoms with Crippen molar-refractivity contribution in [2.75, 3.05) is 13.6 Å². The average Bonchev–Trinajstić information content (AvgIpc) is 3.24. The molecule has 1 aromatic carbocycles. The molecule has 0 saturated carbocycles. The van der Waals surface area contributed by atoms with E-state index < -0.39 is 0 Å². The first-order valence-electron chi connectivity index (χ1n) is 6.91. The summed E-state index contributed by atoms with van der Waals surface area (Å²) in [5.41, 5.74) is 0.876. The lowest BCUT2D eigenvalue weighted by molar-refractivity contribution is 0.0764. The van der Waals surface area contributed by atoms with Gasteiger partial charge in [0.05, 0.1) is 6.26 Å². The molecule has 3 aromatic rings. The Morgan fingerprint density at radius 3 is 2.73 bits per heavy atom. The third-order valence-electron chi connectivity index (χ3n) is 3.24. The van der Waals surface area contributed by atoms with Crippen LogP contribution in [0.1, 0.15) is 16.4 Å². The summed E-state index contributed by atoms with van der Waals surface area (Å²) in [6.45, 7) is 0.479. The zero-order valence-corrected chi connectivity index (χ0v) is 12.1. The van der Waals surface area contributed by atoms with E-state index in [-0.39, 0.29) is 5.91 Å². The Morgan fingerprint density at radius 1 is 1.18 bits per heavy atom. The lowest BCUT2D eigenvalue weighted by Gasteiger charge is -2.14. The number of carbonyl (C=O) groups excluding carboxylic acids is 1. The van der Waals surface area contributed by atoms with Crippen LogP contribution in [0.3, 0.4) is 0 Å². The molecule has 0 aliphatic heterocycles. The van der Waals surface area contributed by atoms with Crippen molar-refractivity contribution < 1.29 is 13.7 Å². The highest BCUT2D eigenvalue weighted by molar-refractivity contribution is 5.91. The fourth-order valence-corrected chi connectivity index (χ4v) is 2.01. The van der Waals surface area contributed by atoms with E-state index in [4.69, 9.17) is 8.94 Å². The van der Waals surface area contributed by atoms with E-state index in [2.05, 4.69) is 10.1 Å². The van der Waals surface area contributed by atoms with Crippen molar-refractivity contribution in [1.29, 1.82) is 0 Å². The minimum Gasteiger partial charge on any atom is -0.459 e. The van der Waals surface area contributed by atoms with E-state index >= 15 is 0 Å². The quantitative estimate of drug-likeness (QED) is 0.724. The second-order valence-corrected chi connectivity index (χ2v) is 4.84. The van der Waals surface area contributed by atoms with Gasteiger partial charge in [-0.25, -0.2) is 0 Å². The average molecular weight is 297 g/mol. The summed E-state index contributed by atoms with van der Waals surface area (Å²) in [7, 11) is 1.71. The van der Waals surface area contributed by atoms with Crippen LogP contribution < -0.4 is 0 Å². The summed E-state index contributed by atoms with van der Waals surface area (Å²) in [4.78, 5) is 17.9. The molecule has 0 saturated heterocycles. The molecule has 0 unspecified atom stereocenters. The Bertz CT molecular complexity index is 735. The molecule has 0 fully saturated rings. The maximum Gasteiger partial charge on any atom is 0.289 e. The molecule has 2 aromatic heterocycles. The lowest BCUT2D eigenvalue weighted by Crippen LogP contribution is -2.28. The van der Waals surface area contributed by atoms with Crippen LogP contribution in [0.15, 0.2) is 57.7 Å². The van der Waals surface area contributed by atoms with Crippen molar-refractivity contribution in [1.82, 2.24) is 15.0 Å². The third kappa shape index (κ3) is 3.06. The van der Waals surface area contributed by atoms with Gasteiger partial charge in [0.1, 0.15) is 0 Å². The number of rotatable bonds is 5. The maximum absolute atomic E-state index is 12.0. The highest BCUT2D eigenvalue weighted by Crippen LogP contribution is 2.16. The monoisotopic (exact) mass is 297 g/mol. The van der Waals surface area contributed by atoms with Crippen LogP contribution in [-0.2, 0) is 6.42 Å². The van der Waals surface area contributed by atoms with Crippen LogP contribution in [0.25, 0.3) is 11.5 Å². The number of amides is 1. The Hall–Kier alpha value is -2.89. The second kappa shape index (κ2) is 6.26. The Balaban J connectivity index is 1.60. The third-order valence-corrected chi connectivity index (χ3v) is 3.24. The standard InChI is InChI=1S/C16H15N3O3/c1-19(16(20)13-8-5-11-21-13)10-9-14-17-15(22-18-14)12-6-3-2-4-7-12/h2-8,11H,9-10H2,1H3. The molecule has 0 atom stereocenters. The highest BCUT2D eigenvalue weighted by Gasteiger charge is 2.15. The van der Waals surface area contributed by atoms with E-state index in [0.29, 0.717) is 30.4 Å². The summed E-state index contributed by atoms with van der Waals surface area (Å²) in [6.07, 6.45) is 1.99. The molecular weight excluding hydrogens is 282 g/mol. The molecule has 0 spiro atoms. The molecular formula is C16H15N3O3. The number of aromatic nitrogens is 2. The predicted molar refractivity (Wildman–Crippen MR) is 79.1 cm³/mol. The minimum atomic E-state index is -0.170. The SMILES string of the molecule is CN(CCc1noc(-c2ccccc2)n1)C(=O)c1ccco1. The zero-order valence-electron chi connectivity index (χ0n) is 12.1. The molecule has 0 aliphatic carbocycles. The lowest BCUT2D eigenvalue weighted by atomic mass is 10.2.